The van der Waals surface area contributed by atoms with E-state index in [0.29, 0.717) is 35.8 Å². The van der Waals surface area contributed by atoms with Gasteiger partial charge in [-0.05, 0) is 37.8 Å². The molecule has 1 aliphatic heterocycles. The predicted octanol–water partition coefficient (Wildman–Crippen LogP) is 2.45. The van der Waals surface area contributed by atoms with Crippen LogP contribution in [0, 0.1) is 18.8 Å². The topological polar surface area (TPSA) is 53.4 Å². The van der Waals surface area contributed by atoms with E-state index < -0.39 is 0 Å². The average molecular weight is 326 g/mol. The highest BCUT2D eigenvalue weighted by Gasteiger charge is 2.25. The lowest BCUT2D eigenvalue weighted by Gasteiger charge is -2.29. The van der Waals surface area contributed by atoms with Gasteiger partial charge in [-0.25, -0.2) is 4.98 Å². The second-order valence-corrected chi connectivity index (χ2v) is 6.57. The van der Waals surface area contributed by atoms with Crippen molar-refractivity contribution in [3.8, 4) is 11.8 Å². The summed E-state index contributed by atoms with van der Waals surface area (Å²) >= 11 is 1.34. The number of aryl methyl sites for hydroxylation is 1. The number of aromatic nitrogens is 1. The van der Waals surface area contributed by atoms with E-state index in [2.05, 4.69) is 16.8 Å². The number of piperidine rings is 1. The molecule has 1 saturated heterocycles. The molecule has 1 N–H and O–H groups in total. The molecule has 4 nitrogen and oxygen atoms in total. The molecule has 23 heavy (non-hydrogen) atoms. The van der Waals surface area contributed by atoms with Gasteiger partial charge in [0.05, 0.1) is 11.8 Å². The molecule has 0 bridgehead atoms. The Bertz CT molecular complexity index is 750. The second-order valence-electron chi connectivity index (χ2n) is 5.57. The maximum Gasteiger partial charge on any atom is 0.265 e. The van der Waals surface area contributed by atoms with E-state index in [9.17, 15) is 9.90 Å². The molecule has 5 heteroatoms. The first-order valence-corrected chi connectivity index (χ1v) is 8.47. The number of hydrogen-bond acceptors (Lipinski definition) is 4. The summed E-state index contributed by atoms with van der Waals surface area (Å²) in [7, 11) is 0. The lowest BCUT2D eigenvalue weighted by molar-refractivity contribution is 0.0550. The third kappa shape index (κ3) is 3.79. The Balaban J connectivity index is 1.76. The van der Waals surface area contributed by atoms with Crippen molar-refractivity contribution in [3.63, 3.8) is 0 Å². The summed E-state index contributed by atoms with van der Waals surface area (Å²) in [4.78, 5) is 19.4. The van der Waals surface area contributed by atoms with Crippen molar-refractivity contribution in [2.24, 2.45) is 0 Å². The molecule has 0 atom stereocenters. The Morgan fingerprint density at radius 1 is 1.26 bits per heavy atom. The first-order chi connectivity index (χ1) is 11.1. The molecule has 0 saturated carbocycles. The van der Waals surface area contributed by atoms with Crippen molar-refractivity contribution < 1.29 is 9.90 Å². The summed E-state index contributed by atoms with van der Waals surface area (Å²) in [5, 5.41) is 10.2. The van der Waals surface area contributed by atoms with Gasteiger partial charge in [0.1, 0.15) is 4.88 Å². The zero-order valence-electron chi connectivity index (χ0n) is 13.0. The molecule has 3 rings (SSSR count). The molecule has 0 spiro atoms. The Morgan fingerprint density at radius 3 is 2.65 bits per heavy atom. The molecule has 1 aliphatic rings. The second kappa shape index (κ2) is 6.95. The number of carbonyl (C=O) groups excluding carboxylic acids is 1. The van der Waals surface area contributed by atoms with Gasteiger partial charge >= 0.3 is 0 Å². The number of nitrogens with zero attached hydrogens (tertiary/aromatic N) is 2. The highest BCUT2D eigenvalue weighted by Crippen LogP contribution is 2.21. The first-order valence-electron chi connectivity index (χ1n) is 7.65. The Kier molecular flexibility index (Phi) is 4.75. The van der Waals surface area contributed by atoms with E-state index in [1.54, 1.807) is 4.90 Å². The molecule has 0 aliphatic carbocycles. The van der Waals surface area contributed by atoms with Crippen LogP contribution >= 0.6 is 11.3 Å². The monoisotopic (exact) mass is 326 g/mol. The third-order valence-electron chi connectivity index (χ3n) is 3.83. The van der Waals surface area contributed by atoms with Crippen molar-refractivity contribution in [3.05, 3.63) is 51.5 Å². The summed E-state index contributed by atoms with van der Waals surface area (Å²) in [5.74, 6) is 6.10. The molecule has 1 fully saturated rings. The van der Waals surface area contributed by atoms with Crippen molar-refractivity contribution >= 4 is 17.2 Å². The summed E-state index contributed by atoms with van der Waals surface area (Å²) in [6, 6.07) is 9.72. The Morgan fingerprint density at radius 2 is 1.96 bits per heavy atom. The lowest BCUT2D eigenvalue weighted by atomic mass is 10.1. The van der Waals surface area contributed by atoms with Crippen LogP contribution < -0.4 is 0 Å². The minimum Gasteiger partial charge on any atom is -0.393 e. The van der Waals surface area contributed by atoms with Crippen molar-refractivity contribution in [2.75, 3.05) is 13.1 Å². The summed E-state index contributed by atoms with van der Waals surface area (Å²) in [6.45, 7) is 3.04. The minimum absolute atomic E-state index is 0.000314. The summed E-state index contributed by atoms with van der Waals surface area (Å²) < 4.78 is 0. The number of rotatable bonds is 1. The van der Waals surface area contributed by atoms with Crippen molar-refractivity contribution in [1.29, 1.82) is 0 Å². The fourth-order valence-corrected chi connectivity index (χ4v) is 3.40. The van der Waals surface area contributed by atoms with Gasteiger partial charge in [-0.1, -0.05) is 24.1 Å². The van der Waals surface area contributed by atoms with Gasteiger partial charge in [-0.2, -0.15) is 0 Å². The van der Waals surface area contributed by atoms with Crippen LogP contribution in [0.4, 0.5) is 0 Å². The van der Waals surface area contributed by atoms with E-state index >= 15 is 0 Å². The number of hydrogen-bond donors (Lipinski definition) is 1. The van der Waals surface area contributed by atoms with Gasteiger partial charge in [0, 0.05) is 18.7 Å². The lowest BCUT2D eigenvalue weighted by Crippen LogP contribution is -2.39. The van der Waals surface area contributed by atoms with E-state index in [1.807, 2.05) is 37.3 Å². The zero-order valence-corrected chi connectivity index (χ0v) is 13.8. The summed E-state index contributed by atoms with van der Waals surface area (Å²) in [6.07, 6.45) is 1.00. The van der Waals surface area contributed by atoms with Gasteiger partial charge in [0.15, 0.2) is 5.01 Å². The van der Waals surface area contributed by atoms with Crippen LogP contribution in [-0.2, 0) is 0 Å². The molecular weight excluding hydrogens is 308 g/mol. The van der Waals surface area contributed by atoms with Gasteiger partial charge in [0.2, 0.25) is 0 Å². The first kappa shape index (κ1) is 15.7. The van der Waals surface area contributed by atoms with Crippen LogP contribution in [0.3, 0.4) is 0 Å². The van der Waals surface area contributed by atoms with Crippen LogP contribution in [0.25, 0.3) is 0 Å². The van der Waals surface area contributed by atoms with Crippen LogP contribution in [-0.4, -0.2) is 40.1 Å². The van der Waals surface area contributed by atoms with Gasteiger partial charge in [0.25, 0.3) is 5.91 Å². The quantitative estimate of drug-likeness (QED) is 0.819. The highest BCUT2D eigenvalue weighted by atomic mass is 32.1. The Hall–Kier alpha value is -2.16. The van der Waals surface area contributed by atoms with Crippen LogP contribution in [0.15, 0.2) is 30.3 Å². The maximum atomic E-state index is 12.6. The molecule has 1 aromatic carbocycles. The molecule has 2 heterocycles. The molecular formula is C18H18N2O2S. The average Bonchev–Trinajstić information content (AvgIpc) is 2.95. The van der Waals surface area contributed by atoms with Gasteiger partial charge in [-0.3, -0.25) is 4.79 Å². The fourth-order valence-electron chi connectivity index (χ4n) is 2.51. The normalized spacial score (nSPS) is 15.1. The largest absolute Gasteiger partial charge is 0.393 e. The van der Waals surface area contributed by atoms with E-state index in [4.69, 9.17) is 0 Å². The van der Waals surface area contributed by atoms with E-state index in [-0.39, 0.29) is 12.0 Å². The number of aliphatic hydroxyl groups excluding tert-OH is 1. The smallest absolute Gasteiger partial charge is 0.265 e. The number of thiazole rings is 1. The number of carbonyl (C=O) groups is 1. The molecule has 0 radical (unpaired) electrons. The standard InChI is InChI=1S/C18H18N2O2S/c1-13-17(18(22)20-11-9-15(21)10-12-20)23-16(19-13)8-7-14-5-3-2-4-6-14/h2-6,15,21H,9-12H2,1H3. The van der Waals surface area contributed by atoms with Crippen LogP contribution in [0.5, 0.6) is 0 Å². The van der Waals surface area contributed by atoms with Crippen molar-refractivity contribution in [2.45, 2.75) is 25.9 Å². The molecule has 2 aromatic rings. The maximum absolute atomic E-state index is 12.6. The van der Waals surface area contributed by atoms with Gasteiger partial charge < -0.3 is 10.0 Å². The number of aliphatic hydroxyl groups is 1. The molecule has 1 amide bonds. The number of benzene rings is 1. The summed E-state index contributed by atoms with van der Waals surface area (Å²) in [5.41, 5.74) is 1.65. The zero-order chi connectivity index (χ0) is 16.2. The molecule has 118 valence electrons. The molecule has 1 aromatic heterocycles. The fraction of sp³-hybridized carbons (Fsp3) is 0.333. The molecule has 0 unspecified atom stereocenters. The van der Waals surface area contributed by atoms with E-state index in [0.717, 1.165) is 11.3 Å². The SMILES string of the molecule is Cc1nc(C#Cc2ccccc2)sc1C(=O)N1CCC(O)CC1. The third-order valence-corrected chi connectivity index (χ3v) is 4.89. The number of amides is 1. The van der Waals surface area contributed by atoms with Crippen molar-refractivity contribution in [1.82, 2.24) is 9.88 Å². The van der Waals surface area contributed by atoms with Crippen LogP contribution in [0.2, 0.25) is 0 Å². The minimum atomic E-state index is -0.283. The Labute approximate surface area is 139 Å². The number of likely N-dealkylation sites (tertiary alicyclic amines) is 1. The van der Waals surface area contributed by atoms with Crippen LogP contribution in [0.1, 0.15) is 38.8 Å². The highest BCUT2D eigenvalue weighted by molar-refractivity contribution is 7.14. The van der Waals surface area contributed by atoms with E-state index in [1.165, 1.54) is 11.3 Å². The predicted molar refractivity (Wildman–Crippen MR) is 90.4 cm³/mol. The van der Waals surface area contributed by atoms with Gasteiger partial charge in [-0.15, -0.1) is 11.3 Å².